The van der Waals surface area contributed by atoms with Crippen LogP contribution in [0.1, 0.15) is 95.2 Å². The van der Waals surface area contributed by atoms with Gasteiger partial charge in [0.2, 0.25) is 0 Å². The zero-order valence-corrected chi connectivity index (χ0v) is 22.6. The summed E-state index contributed by atoms with van der Waals surface area (Å²) in [7, 11) is -0.0642. The van der Waals surface area contributed by atoms with E-state index in [9.17, 15) is 0 Å². The Bertz CT molecular complexity index is 874. The van der Waals surface area contributed by atoms with E-state index in [1.165, 1.54) is 86.8 Å². The first kappa shape index (κ1) is 26.6. The van der Waals surface area contributed by atoms with Crippen LogP contribution in [0.15, 0.2) is 87.5 Å². The van der Waals surface area contributed by atoms with Crippen LogP contribution in [-0.4, -0.2) is 0 Å². The van der Waals surface area contributed by atoms with E-state index in [0.29, 0.717) is 0 Å². The lowest BCUT2D eigenvalue weighted by molar-refractivity contribution is 0.689. The minimum Gasteiger partial charge on any atom is -0.0654 e. The number of hydrogen-bond donors (Lipinski definition) is 0. The van der Waals surface area contributed by atoms with Gasteiger partial charge in [0.05, 0.1) is 10.9 Å². The Morgan fingerprint density at radius 3 is 1.32 bits per heavy atom. The summed E-state index contributed by atoms with van der Waals surface area (Å²) < 4.78 is 0. The lowest BCUT2D eigenvalue weighted by Crippen LogP contribution is -2.13. The van der Waals surface area contributed by atoms with Crippen LogP contribution in [0.25, 0.3) is 0 Å². The fraction of sp³-hybridized carbons (Fsp3) is 0.455. The highest BCUT2D eigenvalue weighted by Crippen LogP contribution is 2.38. The zero-order chi connectivity index (χ0) is 24.0. The van der Waals surface area contributed by atoms with Crippen molar-refractivity contribution in [1.82, 2.24) is 0 Å². The first-order valence-corrected chi connectivity index (χ1v) is 15.0. The van der Waals surface area contributed by atoms with Crippen molar-refractivity contribution < 1.29 is 0 Å². The van der Waals surface area contributed by atoms with Crippen LogP contribution < -0.4 is 0 Å². The molecule has 0 aliphatic carbocycles. The largest absolute Gasteiger partial charge is 0.172 e. The minimum atomic E-state index is -0.0642. The maximum absolute atomic E-state index is 2.59. The molecule has 34 heavy (non-hydrogen) atoms. The number of aryl methyl sites for hydroxylation is 3. The number of hydrogen-bond acceptors (Lipinski definition) is 0. The lowest BCUT2D eigenvalue weighted by atomic mass is 9.95. The number of benzene rings is 3. The van der Waals surface area contributed by atoms with Crippen molar-refractivity contribution in [2.75, 3.05) is 0 Å². The van der Waals surface area contributed by atoms with Gasteiger partial charge in [0.25, 0.3) is 0 Å². The highest BCUT2D eigenvalue weighted by Gasteiger charge is 2.33. The molecule has 1 heteroatoms. The summed E-state index contributed by atoms with van der Waals surface area (Å²) in [4.78, 5) is 4.52. The SMILES string of the molecule is CCCCCc1cc(CCCCC)c([S+](c2ccccc2)c2ccccc2)c(CCCCC)c1. The normalized spacial score (nSPS) is 11.3. The molecule has 3 rings (SSSR count). The Labute approximate surface area is 212 Å². The second kappa shape index (κ2) is 15.1. The predicted octanol–water partition coefficient (Wildman–Crippen LogP) is 9.98. The molecule has 0 aliphatic rings. The van der Waals surface area contributed by atoms with E-state index >= 15 is 0 Å². The van der Waals surface area contributed by atoms with Crippen molar-refractivity contribution in [3.8, 4) is 0 Å². The summed E-state index contributed by atoms with van der Waals surface area (Å²) >= 11 is 0. The van der Waals surface area contributed by atoms with Gasteiger partial charge < -0.3 is 0 Å². The maximum Gasteiger partial charge on any atom is 0.172 e. The van der Waals surface area contributed by atoms with Gasteiger partial charge in [0.15, 0.2) is 14.7 Å². The van der Waals surface area contributed by atoms with Gasteiger partial charge in [-0.3, -0.25) is 0 Å². The molecule has 0 N–H and O–H groups in total. The summed E-state index contributed by atoms with van der Waals surface area (Å²) in [5, 5.41) is 0. The highest BCUT2D eigenvalue weighted by atomic mass is 32.2. The summed E-state index contributed by atoms with van der Waals surface area (Å²) in [6, 6.07) is 27.7. The van der Waals surface area contributed by atoms with Crippen molar-refractivity contribution >= 4 is 10.9 Å². The summed E-state index contributed by atoms with van der Waals surface area (Å²) in [5.41, 5.74) is 4.80. The van der Waals surface area contributed by atoms with Gasteiger partial charge in [-0.1, -0.05) is 108 Å². The summed E-state index contributed by atoms with van der Waals surface area (Å²) in [5.74, 6) is 0. The molecule has 0 spiro atoms. The van der Waals surface area contributed by atoms with E-state index in [-0.39, 0.29) is 10.9 Å². The smallest absolute Gasteiger partial charge is 0.0654 e. The molecule has 0 saturated carbocycles. The average Bonchev–Trinajstić information content (AvgIpc) is 2.87. The molecule has 3 aromatic carbocycles. The van der Waals surface area contributed by atoms with Crippen LogP contribution in [0.3, 0.4) is 0 Å². The molecule has 0 radical (unpaired) electrons. The van der Waals surface area contributed by atoms with Gasteiger partial charge in [0, 0.05) is 11.1 Å². The van der Waals surface area contributed by atoms with Crippen molar-refractivity contribution in [2.24, 2.45) is 0 Å². The molecule has 0 amide bonds. The molecular weight excluding hydrogens is 428 g/mol. The Balaban J connectivity index is 2.15. The Kier molecular flexibility index (Phi) is 11.8. The first-order valence-electron chi connectivity index (χ1n) is 13.8. The molecule has 0 atom stereocenters. The molecule has 0 aliphatic heterocycles. The van der Waals surface area contributed by atoms with Crippen LogP contribution in [0, 0.1) is 0 Å². The van der Waals surface area contributed by atoms with Crippen LogP contribution in [0.4, 0.5) is 0 Å². The Hall–Kier alpha value is -1.99. The van der Waals surface area contributed by atoms with E-state index in [0.717, 1.165) is 0 Å². The van der Waals surface area contributed by atoms with Gasteiger partial charge in [-0.05, 0) is 68.4 Å². The van der Waals surface area contributed by atoms with Crippen molar-refractivity contribution in [3.63, 3.8) is 0 Å². The third-order valence-electron chi connectivity index (χ3n) is 6.63. The van der Waals surface area contributed by atoms with Gasteiger partial charge >= 0.3 is 0 Å². The van der Waals surface area contributed by atoms with Crippen LogP contribution in [0.5, 0.6) is 0 Å². The van der Waals surface area contributed by atoms with Gasteiger partial charge in [-0.25, -0.2) is 0 Å². The van der Waals surface area contributed by atoms with E-state index in [4.69, 9.17) is 0 Å². The van der Waals surface area contributed by atoms with E-state index in [1.807, 2.05) is 0 Å². The van der Waals surface area contributed by atoms with Crippen molar-refractivity contribution in [1.29, 1.82) is 0 Å². The van der Waals surface area contributed by atoms with E-state index in [1.54, 1.807) is 21.6 Å². The molecule has 0 fully saturated rings. The molecule has 182 valence electrons. The molecule has 0 heterocycles. The molecule has 0 unspecified atom stereocenters. The third kappa shape index (κ3) is 7.77. The molecular formula is C33H45S+. The fourth-order valence-corrected chi connectivity index (χ4v) is 7.25. The lowest BCUT2D eigenvalue weighted by Gasteiger charge is -2.18. The second-order valence-corrected chi connectivity index (χ2v) is 11.5. The molecule has 0 saturated heterocycles. The average molecular weight is 474 g/mol. The van der Waals surface area contributed by atoms with Crippen LogP contribution in [-0.2, 0) is 30.2 Å². The van der Waals surface area contributed by atoms with Crippen molar-refractivity contribution in [2.45, 2.75) is 113 Å². The topological polar surface area (TPSA) is 0 Å². The van der Waals surface area contributed by atoms with Gasteiger partial charge in [-0.15, -0.1) is 0 Å². The minimum absolute atomic E-state index is 0.0642. The monoisotopic (exact) mass is 473 g/mol. The van der Waals surface area contributed by atoms with Crippen LogP contribution >= 0.6 is 0 Å². The Morgan fingerprint density at radius 1 is 0.500 bits per heavy atom. The standard InChI is InChI=1S/C33H45S/c1-4-7-12-19-28-26-29(20-13-8-5-2)33(30(27-28)21-14-9-6-3)34(31-22-15-10-16-23-31)32-24-17-11-18-25-32/h10-11,15-18,22-27H,4-9,12-14,19-21H2,1-3H3/q+1. The van der Waals surface area contributed by atoms with Gasteiger partial charge in [0.1, 0.15) is 0 Å². The summed E-state index contributed by atoms with van der Waals surface area (Å²) in [6.45, 7) is 6.94. The fourth-order valence-electron chi connectivity index (χ4n) is 4.80. The van der Waals surface area contributed by atoms with Crippen LogP contribution in [0.2, 0.25) is 0 Å². The number of rotatable bonds is 15. The van der Waals surface area contributed by atoms with Gasteiger partial charge in [-0.2, -0.15) is 0 Å². The summed E-state index contributed by atoms with van der Waals surface area (Å²) in [6.07, 6.45) is 15.3. The quantitative estimate of drug-likeness (QED) is 0.152. The third-order valence-corrected chi connectivity index (χ3v) is 9.05. The first-order chi connectivity index (χ1) is 16.8. The highest BCUT2D eigenvalue weighted by molar-refractivity contribution is 7.97. The van der Waals surface area contributed by atoms with E-state index < -0.39 is 0 Å². The zero-order valence-electron chi connectivity index (χ0n) is 21.8. The second-order valence-electron chi connectivity index (χ2n) is 9.55. The Morgan fingerprint density at radius 2 is 0.912 bits per heavy atom. The molecule has 0 nitrogen and oxygen atoms in total. The molecule has 0 bridgehead atoms. The van der Waals surface area contributed by atoms with Crippen molar-refractivity contribution in [3.05, 3.63) is 89.5 Å². The predicted molar refractivity (Wildman–Crippen MR) is 151 cm³/mol. The van der Waals surface area contributed by atoms with E-state index in [2.05, 4.69) is 93.6 Å². The molecule has 3 aromatic rings. The maximum atomic E-state index is 2.59. The number of unbranched alkanes of at least 4 members (excludes halogenated alkanes) is 6. The molecule has 0 aromatic heterocycles.